The first kappa shape index (κ1) is 26.3. The fourth-order valence-corrected chi connectivity index (χ4v) is 5.51. The van der Waals surface area contributed by atoms with Gasteiger partial charge >= 0.3 is 0 Å². The van der Waals surface area contributed by atoms with Crippen molar-refractivity contribution in [3.63, 3.8) is 0 Å². The number of piperidine rings is 1. The molecule has 3 aromatic rings. The van der Waals surface area contributed by atoms with Gasteiger partial charge in [0, 0.05) is 18.4 Å². The molecule has 1 fully saturated rings. The number of carbonyl (C=O) groups is 1. The van der Waals surface area contributed by atoms with Crippen LogP contribution in [0.3, 0.4) is 0 Å². The molecule has 4 nitrogen and oxygen atoms in total. The van der Waals surface area contributed by atoms with Crippen LogP contribution in [0, 0.1) is 5.92 Å². The van der Waals surface area contributed by atoms with E-state index in [9.17, 15) is 15.0 Å². The zero-order chi connectivity index (χ0) is 25.6. The van der Waals surface area contributed by atoms with E-state index in [0.29, 0.717) is 12.8 Å². The van der Waals surface area contributed by atoms with Gasteiger partial charge in [0.05, 0.1) is 5.60 Å². The smallest absolute Gasteiger partial charge is 0.162 e. The number of benzene rings is 3. The van der Waals surface area contributed by atoms with Gasteiger partial charge in [-0.1, -0.05) is 84.9 Å². The first-order valence-corrected chi connectivity index (χ1v) is 13.2. The predicted molar refractivity (Wildman–Crippen MR) is 145 cm³/mol. The molecule has 4 rings (SSSR count). The number of aliphatic hydroxyl groups is 2. The molecule has 36 heavy (non-hydrogen) atoms. The van der Waals surface area contributed by atoms with Crippen LogP contribution < -0.4 is 0 Å². The molecule has 0 amide bonds. The lowest BCUT2D eigenvalue weighted by molar-refractivity contribution is -0.0142. The maximum absolute atomic E-state index is 12.7. The van der Waals surface area contributed by atoms with Gasteiger partial charge in [0.25, 0.3) is 0 Å². The van der Waals surface area contributed by atoms with E-state index in [0.717, 1.165) is 61.2 Å². The Kier molecular flexibility index (Phi) is 8.40. The standard InChI is InChI=1S/C32H39NO3/c1-31(2,35)24-25-15-17-26(18-16-25)30(34)14-9-21-33-22-19-29(20-23-33)32(36,27-10-5-3-6-11-27)28-12-7-4-8-13-28/h3-8,10-13,15-18,29,35-36H,9,14,19-24H2,1-2H3. The van der Waals surface area contributed by atoms with Crippen molar-refractivity contribution in [3.8, 4) is 0 Å². The molecule has 0 spiro atoms. The molecular formula is C32H39NO3. The average molecular weight is 486 g/mol. The molecule has 0 aromatic heterocycles. The highest BCUT2D eigenvalue weighted by Crippen LogP contribution is 2.41. The first-order chi connectivity index (χ1) is 17.3. The van der Waals surface area contributed by atoms with Crippen LogP contribution in [0.5, 0.6) is 0 Å². The molecule has 0 aliphatic carbocycles. The molecule has 4 heteroatoms. The Hall–Kier alpha value is -2.79. The third-order valence-corrected chi connectivity index (χ3v) is 7.40. The summed E-state index contributed by atoms with van der Waals surface area (Å²) in [6.07, 6.45) is 3.76. The molecule has 2 N–H and O–H groups in total. The van der Waals surface area contributed by atoms with Crippen molar-refractivity contribution in [2.75, 3.05) is 19.6 Å². The van der Waals surface area contributed by atoms with Gasteiger partial charge in [0.2, 0.25) is 0 Å². The fourth-order valence-electron chi connectivity index (χ4n) is 5.51. The molecule has 1 saturated heterocycles. The zero-order valence-electron chi connectivity index (χ0n) is 21.6. The Bertz CT molecular complexity index is 1060. The lowest BCUT2D eigenvalue weighted by Crippen LogP contribution is -2.44. The van der Waals surface area contributed by atoms with E-state index in [1.165, 1.54) is 0 Å². The van der Waals surface area contributed by atoms with Gasteiger partial charge in [-0.15, -0.1) is 0 Å². The van der Waals surface area contributed by atoms with Crippen molar-refractivity contribution in [3.05, 3.63) is 107 Å². The minimum Gasteiger partial charge on any atom is -0.390 e. The summed E-state index contributed by atoms with van der Waals surface area (Å²) in [5, 5.41) is 22.0. The summed E-state index contributed by atoms with van der Waals surface area (Å²) in [5.74, 6) is 0.310. The molecule has 0 bridgehead atoms. The molecule has 0 unspecified atom stereocenters. The lowest BCUT2D eigenvalue weighted by Gasteiger charge is -2.42. The van der Waals surface area contributed by atoms with Gasteiger partial charge in [-0.2, -0.15) is 0 Å². The summed E-state index contributed by atoms with van der Waals surface area (Å²) in [4.78, 5) is 15.1. The minimum absolute atomic E-state index is 0.141. The van der Waals surface area contributed by atoms with Crippen LogP contribution in [-0.4, -0.2) is 46.1 Å². The maximum Gasteiger partial charge on any atom is 0.162 e. The van der Waals surface area contributed by atoms with Crippen LogP contribution in [-0.2, 0) is 12.0 Å². The number of Topliss-reactive ketones (excluding diaryl/α,β-unsaturated/α-hetero) is 1. The van der Waals surface area contributed by atoms with E-state index < -0.39 is 11.2 Å². The first-order valence-electron chi connectivity index (χ1n) is 13.2. The van der Waals surface area contributed by atoms with Crippen LogP contribution in [0.4, 0.5) is 0 Å². The second-order valence-corrected chi connectivity index (χ2v) is 10.8. The molecule has 0 atom stereocenters. The van der Waals surface area contributed by atoms with Crippen molar-refractivity contribution in [2.45, 2.75) is 57.2 Å². The molecule has 190 valence electrons. The second-order valence-electron chi connectivity index (χ2n) is 10.8. The Labute approximate surface area is 215 Å². The average Bonchev–Trinajstić information content (AvgIpc) is 2.89. The maximum atomic E-state index is 12.7. The molecule has 0 radical (unpaired) electrons. The van der Waals surface area contributed by atoms with Gasteiger partial charge in [-0.05, 0) is 75.4 Å². The SMILES string of the molecule is CC(C)(O)Cc1ccc(C(=O)CCCN2CCC(C(O)(c3ccccc3)c3ccccc3)CC2)cc1. The number of likely N-dealkylation sites (tertiary alicyclic amines) is 1. The molecule has 1 aliphatic rings. The van der Waals surface area contributed by atoms with E-state index in [1.54, 1.807) is 13.8 Å². The predicted octanol–water partition coefficient (Wildman–Crippen LogP) is 5.61. The van der Waals surface area contributed by atoms with Crippen molar-refractivity contribution in [1.82, 2.24) is 4.90 Å². The molecule has 0 saturated carbocycles. The normalized spacial score (nSPS) is 15.7. The Balaban J connectivity index is 1.30. The number of nitrogens with zero attached hydrogens (tertiary/aromatic N) is 1. The lowest BCUT2D eigenvalue weighted by atomic mass is 9.72. The van der Waals surface area contributed by atoms with Crippen LogP contribution in [0.25, 0.3) is 0 Å². The number of rotatable bonds is 10. The minimum atomic E-state index is -0.998. The van der Waals surface area contributed by atoms with E-state index >= 15 is 0 Å². The van der Waals surface area contributed by atoms with Gasteiger partial charge in [0.15, 0.2) is 5.78 Å². The molecule has 1 aliphatic heterocycles. The van der Waals surface area contributed by atoms with Crippen LogP contribution in [0.15, 0.2) is 84.9 Å². The van der Waals surface area contributed by atoms with Crippen molar-refractivity contribution in [2.24, 2.45) is 5.92 Å². The van der Waals surface area contributed by atoms with Gasteiger partial charge in [-0.3, -0.25) is 4.79 Å². The van der Waals surface area contributed by atoms with Gasteiger partial charge in [0.1, 0.15) is 5.60 Å². The highest BCUT2D eigenvalue weighted by Gasteiger charge is 2.41. The molecule has 3 aromatic carbocycles. The topological polar surface area (TPSA) is 60.8 Å². The highest BCUT2D eigenvalue weighted by atomic mass is 16.3. The zero-order valence-corrected chi connectivity index (χ0v) is 21.6. The van der Waals surface area contributed by atoms with Crippen LogP contribution in [0.2, 0.25) is 0 Å². The number of hydrogen-bond donors (Lipinski definition) is 2. The largest absolute Gasteiger partial charge is 0.390 e. The van der Waals surface area contributed by atoms with E-state index in [2.05, 4.69) is 4.90 Å². The quantitative estimate of drug-likeness (QED) is 0.367. The number of carbonyl (C=O) groups excluding carboxylic acids is 1. The highest BCUT2D eigenvalue weighted by molar-refractivity contribution is 5.96. The van der Waals surface area contributed by atoms with Gasteiger partial charge < -0.3 is 15.1 Å². The summed E-state index contributed by atoms with van der Waals surface area (Å²) < 4.78 is 0. The Morgan fingerprint density at radius 1 is 0.833 bits per heavy atom. The van der Waals surface area contributed by atoms with E-state index in [-0.39, 0.29) is 11.7 Å². The third kappa shape index (κ3) is 6.50. The van der Waals surface area contributed by atoms with E-state index in [4.69, 9.17) is 0 Å². The summed E-state index contributed by atoms with van der Waals surface area (Å²) in [6, 6.07) is 27.7. The third-order valence-electron chi connectivity index (χ3n) is 7.40. The molecule has 1 heterocycles. The summed E-state index contributed by atoms with van der Waals surface area (Å²) in [7, 11) is 0. The summed E-state index contributed by atoms with van der Waals surface area (Å²) in [6.45, 7) is 6.32. The summed E-state index contributed by atoms with van der Waals surface area (Å²) in [5.41, 5.74) is 1.93. The van der Waals surface area contributed by atoms with Crippen LogP contribution >= 0.6 is 0 Å². The van der Waals surface area contributed by atoms with Crippen LogP contribution in [0.1, 0.15) is 66.6 Å². The number of hydrogen-bond acceptors (Lipinski definition) is 4. The fraction of sp³-hybridized carbons (Fsp3) is 0.406. The van der Waals surface area contributed by atoms with Crippen molar-refractivity contribution in [1.29, 1.82) is 0 Å². The second kappa shape index (κ2) is 11.5. The molecular weight excluding hydrogens is 446 g/mol. The summed E-state index contributed by atoms with van der Waals surface area (Å²) >= 11 is 0. The Morgan fingerprint density at radius 2 is 1.36 bits per heavy atom. The Morgan fingerprint density at radius 3 is 1.86 bits per heavy atom. The monoisotopic (exact) mass is 485 g/mol. The van der Waals surface area contributed by atoms with E-state index in [1.807, 2.05) is 84.9 Å². The van der Waals surface area contributed by atoms with Crippen molar-refractivity contribution >= 4 is 5.78 Å². The van der Waals surface area contributed by atoms with Gasteiger partial charge in [-0.25, -0.2) is 0 Å². The van der Waals surface area contributed by atoms with Crippen molar-refractivity contribution < 1.29 is 15.0 Å². The number of ketones is 1.